The van der Waals surface area contributed by atoms with Gasteiger partial charge in [0.05, 0.1) is 25.0 Å². The SMILES string of the molecule is COc1cccc2c1C=C(C(=O)N[C@@H](CC1CC1)C(=O)N[C@@]1(C#N)C[C@@H]3CC[C@H]1[C@H]1C(=O)NC(=O)[C@@H]31)C2. The van der Waals surface area contributed by atoms with Crippen molar-refractivity contribution in [3.05, 3.63) is 34.9 Å². The van der Waals surface area contributed by atoms with E-state index in [0.29, 0.717) is 42.9 Å². The van der Waals surface area contributed by atoms with Gasteiger partial charge in [0, 0.05) is 23.5 Å². The van der Waals surface area contributed by atoms with E-state index in [2.05, 4.69) is 22.0 Å². The molecule has 5 aliphatic carbocycles. The quantitative estimate of drug-likeness (QED) is 0.485. The summed E-state index contributed by atoms with van der Waals surface area (Å²) in [5.41, 5.74) is 1.20. The van der Waals surface area contributed by atoms with Crippen molar-refractivity contribution in [3.63, 3.8) is 0 Å². The molecule has 0 aromatic heterocycles. The number of benzene rings is 1. The highest BCUT2D eigenvalue weighted by Gasteiger charge is 2.64. The summed E-state index contributed by atoms with van der Waals surface area (Å²) in [5, 5.41) is 18.6. The van der Waals surface area contributed by atoms with Gasteiger partial charge in [0.15, 0.2) is 0 Å². The predicted molar refractivity (Wildman–Crippen MR) is 131 cm³/mol. The number of nitriles is 1. The van der Waals surface area contributed by atoms with Gasteiger partial charge in [-0.2, -0.15) is 5.26 Å². The smallest absolute Gasteiger partial charge is 0.248 e. The molecule has 4 saturated carbocycles. The first kappa shape index (κ1) is 23.7. The number of hydrogen-bond donors (Lipinski definition) is 3. The molecule has 9 heteroatoms. The van der Waals surface area contributed by atoms with Crippen molar-refractivity contribution in [1.29, 1.82) is 5.26 Å². The Balaban J connectivity index is 1.21. The van der Waals surface area contributed by atoms with Crippen molar-refractivity contribution in [3.8, 4) is 11.8 Å². The van der Waals surface area contributed by atoms with Crippen LogP contribution in [0.3, 0.4) is 0 Å². The minimum Gasteiger partial charge on any atom is -0.496 e. The Labute approximate surface area is 215 Å². The van der Waals surface area contributed by atoms with Crippen LogP contribution < -0.4 is 20.7 Å². The topological polar surface area (TPSA) is 137 Å². The lowest BCUT2D eigenvalue weighted by Crippen LogP contribution is -2.66. The van der Waals surface area contributed by atoms with Gasteiger partial charge in [0.2, 0.25) is 23.6 Å². The molecule has 0 spiro atoms. The highest BCUT2D eigenvalue weighted by atomic mass is 16.5. The zero-order chi connectivity index (χ0) is 25.9. The number of nitrogens with one attached hydrogen (secondary N) is 3. The number of ether oxygens (including phenoxy) is 1. The molecule has 9 nitrogen and oxygen atoms in total. The van der Waals surface area contributed by atoms with Crippen LogP contribution in [0.4, 0.5) is 0 Å². The van der Waals surface area contributed by atoms with Crippen molar-refractivity contribution < 1.29 is 23.9 Å². The molecule has 0 unspecified atom stereocenters. The maximum atomic E-state index is 13.6. The Hall–Kier alpha value is -3.67. The van der Waals surface area contributed by atoms with E-state index in [4.69, 9.17) is 4.74 Å². The molecule has 5 fully saturated rings. The van der Waals surface area contributed by atoms with Crippen molar-refractivity contribution in [2.24, 2.45) is 29.6 Å². The number of imide groups is 1. The predicted octanol–water partition coefficient (Wildman–Crippen LogP) is 1.62. The fourth-order valence-electron chi connectivity index (χ4n) is 7.09. The van der Waals surface area contributed by atoms with Gasteiger partial charge >= 0.3 is 0 Å². The molecule has 7 rings (SSSR count). The minimum absolute atomic E-state index is 0.130. The molecule has 6 atom stereocenters. The summed E-state index contributed by atoms with van der Waals surface area (Å²) in [6.07, 6.45) is 6.47. The molecule has 1 saturated heterocycles. The highest BCUT2D eigenvalue weighted by molar-refractivity contribution is 6.06. The monoisotopic (exact) mass is 502 g/mol. The van der Waals surface area contributed by atoms with Gasteiger partial charge in [-0.15, -0.1) is 0 Å². The summed E-state index contributed by atoms with van der Waals surface area (Å²) in [6.45, 7) is 0. The molecule has 192 valence electrons. The number of hydrogen-bond acceptors (Lipinski definition) is 6. The number of rotatable bonds is 7. The molecule has 1 heterocycles. The van der Waals surface area contributed by atoms with E-state index in [-0.39, 0.29) is 23.6 Å². The average Bonchev–Trinajstić information content (AvgIpc) is 3.51. The Morgan fingerprint density at radius 1 is 1.19 bits per heavy atom. The van der Waals surface area contributed by atoms with Crippen molar-refractivity contribution >= 4 is 29.7 Å². The number of fused-ring (bicyclic) bond motifs is 3. The third kappa shape index (κ3) is 3.90. The standard InChI is InChI=1S/C28H30N4O5/c1-37-21-4-2-3-15-10-17(11-18(15)21)24(33)30-20(9-14-5-6-14)25(34)32-28(13-29)12-16-7-8-19(28)23-22(16)26(35)31-27(23)36/h2-4,11,14,16,19-20,22-23H,5-10,12H2,1H3,(H,30,33)(H,32,34)(H,31,35,36)/t16-,19-,20-,22-,23+,28+/m0/s1. The van der Waals surface area contributed by atoms with E-state index in [1.54, 1.807) is 7.11 Å². The van der Waals surface area contributed by atoms with E-state index in [0.717, 1.165) is 30.4 Å². The highest BCUT2D eigenvalue weighted by Crippen LogP contribution is 2.55. The number of carbonyl (C=O) groups is 4. The summed E-state index contributed by atoms with van der Waals surface area (Å²) in [7, 11) is 1.59. The van der Waals surface area contributed by atoms with Gasteiger partial charge in [-0.1, -0.05) is 25.0 Å². The van der Waals surface area contributed by atoms with Crippen LogP contribution in [-0.2, 0) is 25.6 Å². The van der Waals surface area contributed by atoms with E-state index < -0.39 is 35.2 Å². The Morgan fingerprint density at radius 2 is 1.97 bits per heavy atom. The third-order valence-corrected chi connectivity index (χ3v) is 9.05. The van der Waals surface area contributed by atoms with Gasteiger partial charge in [0.25, 0.3) is 0 Å². The first-order valence-corrected chi connectivity index (χ1v) is 13.1. The molecular formula is C28H30N4O5. The first-order chi connectivity index (χ1) is 17.8. The van der Waals surface area contributed by atoms with Crippen molar-refractivity contribution in [2.45, 2.75) is 56.5 Å². The fourth-order valence-corrected chi connectivity index (χ4v) is 7.09. The molecule has 0 radical (unpaired) electrons. The summed E-state index contributed by atoms with van der Waals surface area (Å²) in [6, 6.07) is 7.23. The number of nitrogens with zero attached hydrogens (tertiary/aromatic N) is 1. The minimum atomic E-state index is -1.23. The van der Waals surface area contributed by atoms with Crippen molar-refractivity contribution in [2.75, 3.05) is 7.11 Å². The van der Waals surface area contributed by atoms with Crippen LogP contribution >= 0.6 is 0 Å². The Bertz CT molecular complexity index is 1280. The van der Waals surface area contributed by atoms with Crippen molar-refractivity contribution in [1.82, 2.24) is 16.0 Å². The zero-order valence-electron chi connectivity index (χ0n) is 20.7. The van der Waals surface area contributed by atoms with Crippen LogP contribution in [0.1, 0.15) is 49.7 Å². The normalized spacial score (nSPS) is 31.9. The van der Waals surface area contributed by atoms with E-state index in [1.807, 2.05) is 24.3 Å². The molecule has 2 bridgehead atoms. The van der Waals surface area contributed by atoms with Crippen LogP contribution in [0.2, 0.25) is 0 Å². The number of carbonyl (C=O) groups excluding carboxylic acids is 4. The summed E-state index contributed by atoms with van der Waals surface area (Å²) in [5.74, 6) is -1.82. The van der Waals surface area contributed by atoms with E-state index >= 15 is 0 Å². The van der Waals surface area contributed by atoms with Gasteiger partial charge in [-0.25, -0.2) is 0 Å². The van der Waals surface area contributed by atoms with Gasteiger partial charge in [0.1, 0.15) is 17.3 Å². The zero-order valence-corrected chi connectivity index (χ0v) is 20.7. The second-order valence-corrected chi connectivity index (χ2v) is 11.2. The molecular weight excluding hydrogens is 472 g/mol. The molecule has 1 aromatic carbocycles. The van der Waals surface area contributed by atoms with Crippen LogP contribution in [0.15, 0.2) is 23.8 Å². The van der Waals surface area contributed by atoms with Gasteiger partial charge in [-0.3, -0.25) is 24.5 Å². The third-order valence-electron chi connectivity index (χ3n) is 9.05. The fraction of sp³-hybridized carbons (Fsp3) is 0.536. The number of methoxy groups -OCH3 is 1. The average molecular weight is 503 g/mol. The molecule has 1 aliphatic heterocycles. The molecule has 4 amide bonds. The maximum absolute atomic E-state index is 13.6. The summed E-state index contributed by atoms with van der Waals surface area (Å²) >= 11 is 0. The lowest BCUT2D eigenvalue weighted by atomic mass is 9.52. The lowest BCUT2D eigenvalue weighted by Gasteiger charge is -2.52. The second-order valence-electron chi connectivity index (χ2n) is 11.2. The van der Waals surface area contributed by atoms with E-state index in [1.165, 1.54) is 0 Å². The van der Waals surface area contributed by atoms with Crippen LogP contribution in [-0.4, -0.2) is 42.3 Å². The first-order valence-electron chi connectivity index (χ1n) is 13.1. The Kier molecular flexibility index (Phi) is 5.59. The van der Waals surface area contributed by atoms with Crippen LogP contribution in [0.25, 0.3) is 6.08 Å². The van der Waals surface area contributed by atoms with Crippen LogP contribution in [0, 0.1) is 40.9 Å². The van der Waals surface area contributed by atoms with Gasteiger partial charge in [-0.05, 0) is 55.2 Å². The molecule has 1 aromatic rings. The maximum Gasteiger partial charge on any atom is 0.248 e. The molecule has 3 N–H and O–H groups in total. The Morgan fingerprint density at radius 3 is 2.70 bits per heavy atom. The van der Waals surface area contributed by atoms with Crippen LogP contribution in [0.5, 0.6) is 5.75 Å². The molecule has 37 heavy (non-hydrogen) atoms. The second kappa shape index (κ2) is 8.72. The molecule has 6 aliphatic rings. The lowest BCUT2D eigenvalue weighted by molar-refractivity contribution is -0.138. The summed E-state index contributed by atoms with van der Waals surface area (Å²) in [4.78, 5) is 51.9. The van der Waals surface area contributed by atoms with Gasteiger partial charge < -0.3 is 15.4 Å². The number of amides is 4. The largest absolute Gasteiger partial charge is 0.496 e. The summed E-state index contributed by atoms with van der Waals surface area (Å²) < 4.78 is 5.42. The van der Waals surface area contributed by atoms with E-state index in [9.17, 15) is 24.4 Å².